The summed E-state index contributed by atoms with van der Waals surface area (Å²) in [5.41, 5.74) is 0. The van der Waals surface area contributed by atoms with Crippen molar-refractivity contribution in [1.82, 2.24) is 0 Å². The van der Waals surface area contributed by atoms with Gasteiger partial charge in [-0.1, -0.05) is 41.7 Å². The highest BCUT2D eigenvalue weighted by molar-refractivity contribution is 6.68. The first kappa shape index (κ1) is 8.83. The van der Waals surface area contributed by atoms with Crippen molar-refractivity contribution in [3.63, 3.8) is 0 Å². The largest absolute Gasteiger partial charge is 0.389 e. The normalized spacial score (nSPS) is 16.1. The summed E-state index contributed by atoms with van der Waals surface area (Å²) in [6, 6.07) is 0. The Kier molecular flexibility index (Phi) is 3.44. The quantitative estimate of drug-likeness (QED) is 0.609. The Morgan fingerprint density at radius 3 is 1.88 bits per heavy atom. The standard InChI is InChI=1S/C4H7Cl3O/c1-2-3(8)4(5,6)7/h3,8H,2H2,1H3. The number of hydrogen-bond acceptors (Lipinski definition) is 1. The summed E-state index contributed by atoms with van der Waals surface area (Å²) < 4.78 is -1.52. The summed E-state index contributed by atoms with van der Waals surface area (Å²) in [7, 11) is 0. The van der Waals surface area contributed by atoms with Crippen LogP contribution in [-0.2, 0) is 0 Å². The molecule has 0 bridgehead atoms. The van der Waals surface area contributed by atoms with Crippen LogP contribution in [0, 0.1) is 0 Å². The Bertz CT molecular complexity index is 68.2. The van der Waals surface area contributed by atoms with Gasteiger partial charge in [0.2, 0.25) is 3.79 Å². The van der Waals surface area contributed by atoms with Gasteiger partial charge < -0.3 is 5.11 Å². The molecule has 50 valence electrons. The third-order valence-corrected chi connectivity index (χ3v) is 1.52. The minimum absolute atomic E-state index is 0.455. The van der Waals surface area contributed by atoms with Gasteiger partial charge in [0.05, 0.1) is 0 Å². The predicted molar refractivity (Wildman–Crippen MR) is 36.6 cm³/mol. The van der Waals surface area contributed by atoms with Gasteiger partial charge in [0.25, 0.3) is 0 Å². The zero-order valence-corrected chi connectivity index (χ0v) is 6.63. The first-order valence-corrected chi connectivity index (χ1v) is 3.36. The summed E-state index contributed by atoms with van der Waals surface area (Å²) in [6.07, 6.45) is -0.399. The average molecular weight is 177 g/mol. The van der Waals surface area contributed by atoms with Crippen LogP contribution in [0.5, 0.6) is 0 Å². The summed E-state index contributed by atoms with van der Waals surface area (Å²) in [5, 5.41) is 8.80. The van der Waals surface area contributed by atoms with Crippen LogP contribution in [0.1, 0.15) is 13.3 Å². The highest BCUT2D eigenvalue weighted by atomic mass is 35.6. The van der Waals surface area contributed by atoms with Gasteiger partial charge in [-0.05, 0) is 6.42 Å². The molecule has 1 N–H and O–H groups in total. The Morgan fingerprint density at radius 2 is 1.88 bits per heavy atom. The van der Waals surface area contributed by atoms with E-state index in [2.05, 4.69) is 0 Å². The van der Waals surface area contributed by atoms with Crippen LogP contribution < -0.4 is 0 Å². The first-order valence-electron chi connectivity index (χ1n) is 2.23. The molecule has 0 radical (unpaired) electrons. The third kappa shape index (κ3) is 2.98. The number of aliphatic hydroxyl groups is 1. The van der Waals surface area contributed by atoms with Crippen molar-refractivity contribution in [3.05, 3.63) is 0 Å². The minimum atomic E-state index is -1.52. The second-order valence-electron chi connectivity index (χ2n) is 1.47. The fraction of sp³-hybridized carbons (Fsp3) is 1.00. The molecule has 0 aliphatic rings. The zero-order valence-electron chi connectivity index (χ0n) is 4.37. The molecular weight excluding hydrogens is 170 g/mol. The van der Waals surface area contributed by atoms with Gasteiger partial charge in [-0.2, -0.15) is 0 Å². The van der Waals surface area contributed by atoms with E-state index in [1.54, 1.807) is 6.92 Å². The molecular formula is C4H7Cl3O. The molecule has 1 nitrogen and oxygen atoms in total. The molecule has 0 saturated heterocycles. The molecule has 0 aliphatic carbocycles. The van der Waals surface area contributed by atoms with E-state index in [1.165, 1.54) is 0 Å². The molecule has 0 saturated carbocycles. The van der Waals surface area contributed by atoms with Gasteiger partial charge in [-0.15, -0.1) is 0 Å². The summed E-state index contributed by atoms with van der Waals surface area (Å²) >= 11 is 15.8. The molecule has 0 rings (SSSR count). The minimum Gasteiger partial charge on any atom is -0.389 e. The van der Waals surface area contributed by atoms with E-state index in [9.17, 15) is 0 Å². The fourth-order valence-electron chi connectivity index (χ4n) is 0.231. The second-order valence-corrected chi connectivity index (χ2v) is 3.83. The number of alkyl halides is 3. The topological polar surface area (TPSA) is 20.2 Å². The van der Waals surface area contributed by atoms with E-state index < -0.39 is 9.90 Å². The SMILES string of the molecule is CCC(O)C(Cl)(Cl)Cl. The van der Waals surface area contributed by atoms with Crippen molar-refractivity contribution >= 4 is 34.8 Å². The highest BCUT2D eigenvalue weighted by Gasteiger charge is 2.28. The molecule has 1 unspecified atom stereocenters. The number of rotatable bonds is 1. The van der Waals surface area contributed by atoms with Crippen LogP contribution in [-0.4, -0.2) is 15.0 Å². The van der Waals surface area contributed by atoms with Crippen molar-refractivity contribution in [2.24, 2.45) is 0 Å². The van der Waals surface area contributed by atoms with Crippen molar-refractivity contribution in [2.75, 3.05) is 0 Å². The average Bonchev–Trinajstić information content (AvgIpc) is 1.62. The summed E-state index contributed by atoms with van der Waals surface area (Å²) in [5.74, 6) is 0. The molecule has 0 amide bonds. The van der Waals surface area contributed by atoms with Gasteiger partial charge >= 0.3 is 0 Å². The first-order chi connectivity index (χ1) is 3.48. The van der Waals surface area contributed by atoms with Crippen LogP contribution >= 0.6 is 34.8 Å². The molecule has 0 spiro atoms. The number of halogens is 3. The maximum Gasteiger partial charge on any atom is 0.215 e. The van der Waals surface area contributed by atoms with Gasteiger partial charge in [0.15, 0.2) is 0 Å². The Labute approximate surface area is 63.5 Å². The van der Waals surface area contributed by atoms with E-state index in [4.69, 9.17) is 39.9 Å². The fourth-order valence-corrected chi connectivity index (χ4v) is 0.694. The monoisotopic (exact) mass is 176 g/mol. The highest BCUT2D eigenvalue weighted by Crippen LogP contribution is 2.31. The lowest BCUT2D eigenvalue weighted by molar-refractivity contribution is 0.174. The molecule has 0 aliphatic heterocycles. The number of aliphatic hydroxyl groups excluding tert-OH is 1. The second kappa shape index (κ2) is 3.11. The van der Waals surface area contributed by atoms with E-state index >= 15 is 0 Å². The molecule has 0 aromatic carbocycles. The van der Waals surface area contributed by atoms with E-state index in [0.717, 1.165) is 0 Å². The predicted octanol–water partition coefficient (Wildman–Crippen LogP) is 2.13. The van der Waals surface area contributed by atoms with E-state index in [1.807, 2.05) is 0 Å². The zero-order chi connectivity index (χ0) is 6.78. The summed E-state index contributed by atoms with van der Waals surface area (Å²) in [4.78, 5) is 0. The van der Waals surface area contributed by atoms with Gasteiger partial charge in [0, 0.05) is 0 Å². The van der Waals surface area contributed by atoms with E-state index in [0.29, 0.717) is 6.42 Å². The molecule has 1 atom stereocenters. The lowest BCUT2D eigenvalue weighted by Gasteiger charge is -2.15. The van der Waals surface area contributed by atoms with Gasteiger partial charge in [-0.25, -0.2) is 0 Å². The van der Waals surface area contributed by atoms with Crippen molar-refractivity contribution in [1.29, 1.82) is 0 Å². The van der Waals surface area contributed by atoms with Crippen LogP contribution in [0.2, 0.25) is 0 Å². The van der Waals surface area contributed by atoms with Gasteiger partial charge in [-0.3, -0.25) is 0 Å². The molecule has 8 heavy (non-hydrogen) atoms. The lowest BCUT2D eigenvalue weighted by atomic mass is 10.3. The Hall–Kier alpha value is 0.830. The maximum atomic E-state index is 8.80. The Balaban J connectivity index is 3.62. The Morgan fingerprint density at radius 1 is 1.50 bits per heavy atom. The summed E-state index contributed by atoms with van der Waals surface area (Å²) in [6.45, 7) is 1.74. The van der Waals surface area contributed by atoms with E-state index in [-0.39, 0.29) is 0 Å². The molecule has 0 fully saturated rings. The number of hydrogen-bond donors (Lipinski definition) is 1. The van der Waals surface area contributed by atoms with Crippen molar-refractivity contribution in [3.8, 4) is 0 Å². The van der Waals surface area contributed by atoms with Crippen LogP contribution in [0.4, 0.5) is 0 Å². The van der Waals surface area contributed by atoms with Crippen LogP contribution in [0.3, 0.4) is 0 Å². The molecule has 0 aromatic heterocycles. The van der Waals surface area contributed by atoms with Crippen molar-refractivity contribution in [2.45, 2.75) is 23.2 Å². The smallest absolute Gasteiger partial charge is 0.215 e. The molecule has 0 aromatic rings. The van der Waals surface area contributed by atoms with Crippen LogP contribution in [0.15, 0.2) is 0 Å². The van der Waals surface area contributed by atoms with Crippen LogP contribution in [0.25, 0.3) is 0 Å². The maximum absolute atomic E-state index is 8.80. The van der Waals surface area contributed by atoms with Gasteiger partial charge in [0.1, 0.15) is 6.10 Å². The lowest BCUT2D eigenvalue weighted by Crippen LogP contribution is -2.23. The van der Waals surface area contributed by atoms with Crippen molar-refractivity contribution < 1.29 is 5.11 Å². The molecule has 0 heterocycles. The molecule has 4 heteroatoms. The third-order valence-electron chi connectivity index (χ3n) is 0.765.